The van der Waals surface area contributed by atoms with Crippen molar-refractivity contribution in [2.75, 3.05) is 31.1 Å². The number of rotatable bonds is 1. The van der Waals surface area contributed by atoms with Crippen LogP contribution in [0.15, 0.2) is 24.3 Å². The Morgan fingerprint density at radius 2 is 1.81 bits per heavy atom. The Morgan fingerprint density at radius 1 is 1.12 bits per heavy atom. The molecule has 0 saturated carbocycles. The Labute approximate surface area is 92.1 Å². The van der Waals surface area contributed by atoms with Gasteiger partial charge in [-0.1, -0.05) is 6.07 Å². The number of anilines is 1. The maximum absolute atomic E-state index is 12.5. The van der Waals surface area contributed by atoms with Crippen LogP contribution in [0.2, 0.25) is 0 Å². The summed E-state index contributed by atoms with van der Waals surface area (Å²) in [6.07, 6.45) is -4.26. The highest BCUT2D eigenvalue weighted by atomic mass is 19.3. The highest BCUT2D eigenvalue weighted by molar-refractivity contribution is 5.49. The first-order valence-electron chi connectivity index (χ1n) is 5.20. The molecule has 0 aromatic heterocycles. The molecule has 88 valence electrons. The van der Waals surface area contributed by atoms with E-state index in [-0.39, 0.29) is 0 Å². The van der Waals surface area contributed by atoms with E-state index in [4.69, 9.17) is 0 Å². The summed E-state index contributed by atoms with van der Waals surface area (Å²) in [7, 11) is 0. The van der Waals surface area contributed by atoms with E-state index in [1.807, 2.05) is 4.90 Å². The lowest BCUT2D eigenvalue weighted by Gasteiger charge is -2.29. The molecule has 1 aliphatic heterocycles. The molecule has 1 saturated heterocycles. The fourth-order valence-electron chi connectivity index (χ4n) is 1.80. The second-order valence-corrected chi connectivity index (χ2v) is 3.79. The van der Waals surface area contributed by atoms with Gasteiger partial charge in [0.1, 0.15) is 0 Å². The van der Waals surface area contributed by atoms with E-state index in [0.717, 1.165) is 32.2 Å². The molecule has 16 heavy (non-hydrogen) atoms. The molecule has 0 unspecified atom stereocenters. The van der Waals surface area contributed by atoms with Crippen LogP contribution in [0, 0.1) is 0 Å². The first-order valence-corrected chi connectivity index (χ1v) is 5.20. The Bertz CT molecular complexity index is 356. The summed E-state index contributed by atoms with van der Waals surface area (Å²) >= 11 is 0. The zero-order valence-corrected chi connectivity index (χ0v) is 8.72. The van der Waals surface area contributed by atoms with Gasteiger partial charge in [-0.25, -0.2) is 0 Å². The van der Waals surface area contributed by atoms with Crippen molar-refractivity contribution in [3.05, 3.63) is 29.8 Å². The fourth-order valence-corrected chi connectivity index (χ4v) is 1.80. The minimum Gasteiger partial charge on any atom is -0.369 e. The van der Waals surface area contributed by atoms with Crippen LogP contribution in [-0.4, -0.2) is 26.2 Å². The van der Waals surface area contributed by atoms with Gasteiger partial charge in [-0.05, 0) is 18.2 Å². The predicted octanol–water partition coefficient (Wildman–Crippen LogP) is 2.11. The van der Waals surface area contributed by atoms with E-state index in [1.54, 1.807) is 6.07 Å². The fraction of sp³-hybridized carbons (Fsp3) is 0.455. The van der Waals surface area contributed by atoms with Crippen LogP contribution in [0.1, 0.15) is 5.56 Å². The molecule has 1 aromatic carbocycles. The average molecular weight is 229 g/mol. The lowest BCUT2D eigenvalue weighted by Crippen LogP contribution is -2.43. The third kappa shape index (κ3) is 2.47. The summed E-state index contributed by atoms with van der Waals surface area (Å²) in [5, 5.41) is 3.17. The first-order chi connectivity index (χ1) is 7.57. The Kier molecular flexibility index (Phi) is 3.05. The first kappa shape index (κ1) is 11.3. The van der Waals surface area contributed by atoms with Gasteiger partial charge in [0.2, 0.25) is 0 Å². The molecule has 1 aliphatic rings. The van der Waals surface area contributed by atoms with Crippen molar-refractivity contribution in [1.82, 2.24) is 5.32 Å². The standard InChI is InChI=1S/C11H13F3N2/c12-11(13,14)9-2-1-3-10(8-9)16-6-4-15-5-7-16/h1-3,8,15H,4-7H2/i12-1. The summed E-state index contributed by atoms with van der Waals surface area (Å²) in [5.74, 6) is 0. The van der Waals surface area contributed by atoms with Crippen LogP contribution < -0.4 is 10.2 Å². The molecule has 0 spiro atoms. The van der Waals surface area contributed by atoms with Gasteiger partial charge >= 0.3 is 6.18 Å². The molecule has 0 radical (unpaired) electrons. The van der Waals surface area contributed by atoms with Crippen molar-refractivity contribution < 1.29 is 13.2 Å². The third-order valence-electron chi connectivity index (χ3n) is 2.66. The van der Waals surface area contributed by atoms with Gasteiger partial charge in [0.15, 0.2) is 0 Å². The average Bonchev–Trinajstić information content (AvgIpc) is 2.29. The molecule has 0 amide bonds. The van der Waals surface area contributed by atoms with E-state index in [0.29, 0.717) is 5.69 Å². The summed E-state index contributed by atoms with van der Waals surface area (Å²) in [4.78, 5) is 1.96. The molecule has 1 N–H and O–H groups in total. The highest BCUT2D eigenvalue weighted by Crippen LogP contribution is 2.31. The molecule has 0 atom stereocenters. The van der Waals surface area contributed by atoms with E-state index < -0.39 is 11.7 Å². The van der Waals surface area contributed by atoms with Crippen molar-refractivity contribution in [3.63, 3.8) is 0 Å². The van der Waals surface area contributed by atoms with Gasteiger partial charge in [-0.3, -0.25) is 0 Å². The van der Waals surface area contributed by atoms with Crippen LogP contribution in [0.4, 0.5) is 18.9 Å². The monoisotopic (exact) mass is 229 g/mol. The molecule has 2 nitrogen and oxygen atoms in total. The van der Waals surface area contributed by atoms with Crippen molar-refractivity contribution in [1.29, 1.82) is 0 Å². The number of nitrogens with zero attached hydrogens (tertiary/aromatic N) is 1. The second kappa shape index (κ2) is 4.33. The quantitative estimate of drug-likeness (QED) is 0.793. The van der Waals surface area contributed by atoms with Crippen molar-refractivity contribution in [2.24, 2.45) is 0 Å². The molecular formula is C11H13F3N2. The van der Waals surface area contributed by atoms with Gasteiger partial charge in [0.05, 0.1) is 5.56 Å². The number of halogens is 3. The van der Waals surface area contributed by atoms with Gasteiger partial charge in [-0.15, -0.1) is 0 Å². The lowest BCUT2D eigenvalue weighted by atomic mass is 10.1. The number of hydrogen-bond donors (Lipinski definition) is 1. The van der Waals surface area contributed by atoms with Gasteiger partial charge in [-0.2, -0.15) is 13.2 Å². The topological polar surface area (TPSA) is 15.3 Å². The summed E-state index contributed by atoms with van der Waals surface area (Å²) < 4.78 is 37.5. The van der Waals surface area contributed by atoms with Crippen molar-refractivity contribution >= 4 is 5.69 Å². The van der Waals surface area contributed by atoms with E-state index >= 15 is 0 Å². The number of piperazine rings is 1. The molecule has 1 fully saturated rings. The van der Waals surface area contributed by atoms with Crippen molar-refractivity contribution in [2.45, 2.75) is 6.18 Å². The van der Waals surface area contributed by atoms with Gasteiger partial charge in [0, 0.05) is 31.9 Å². The molecule has 1 heterocycles. The maximum Gasteiger partial charge on any atom is 0.416 e. The molecular weight excluding hydrogens is 216 g/mol. The third-order valence-corrected chi connectivity index (χ3v) is 2.66. The normalized spacial score (nSPS) is 17.6. The number of nitrogens with one attached hydrogen (secondary N) is 1. The largest absolute Gasteiger partial charge is 0.416 e. The van der Waals surface area contributed by atoms with Crippen molar-refractivity contribution in [3.8, 4) is 0 Å². The predicted molar refractivity (Wildman–Crippen MR) is 56.5 cm³/mol. The zero-order valence-electron chi connectivity index (χ0n) is 8.72. The SMILES string of the molecule is FC(F)([18F])c1cccc(N2CCNCC2)c1. The molecule has 2 rings (SSSR count). The van der Waals surface area contributed by atoms with Crippen LogP contribution in [0.25, 0.3) is 0 Å². The lowest BCUT2D eigenvalue weighted by molar-refractivity contribution is -0.137. The number of benzene rings is 1. The smallest absolute Gasteiger partial charge is 0.369 e. The number of alkyl halides is 3. The van der Waals surface area contributed by atoms with Gasteiger partial charge in [0.25, 0.3) is 0 Å². The van der Waals surface area contributed by atoms with Crippen LogP contribution in [0.5, 0.6) is 0 Å². The number of hydrogen-bond acceptors (Lipinski definition) is 2. The summed E-state index contributed by atoms with van der Waals surface area (Å²) in [6.45, 7) is 3.13. The Morgan fingerprint density at radius 3 is 2.44 bits per heavy atom. The molecule has 0 bridgehead atoms. The van der Waals surface area contributed by atoms with Crippen LogP contribution in [-0.2, 0) is 6.18 Å². The maximum atomic E-state index is 12.5. The van der Waals surface area contributed by atoms with E-state index in [9.17, 15) is 13.2 Å². The van der Waals surface area contributed by atoms with E-state index in [1.165, 1.54) is 12.1 Å². The molecule has 5 heteroatoms. The van der Waals surface area contributed by atoms with Crippen LogP contribution >= 0.6 is 0 Å². The Hall–Kier alpha value is -1.23. The zero-order chi connectivity index (χ0) is 11.6. The molecule has 0 aliphatic carbocycles. The minimum atomic E-state index is -4.26. The Balaban J connectivity index is 2.21. The van der Waals surface area contributed by atoms with E-state index in [2.05, 4.69) is 5.32 Å². The summed E-state index contributed by atoms with van der Waals surface area (Å²) in [5.41, 5.74) is 0.0693. The second-order valence-electron chi connectivity index (χ2n) is 3.79. The minimum absolute atomic E-state index is 0.580. The summed E-state index contributed by atoms with van der Waals surface area (Å²) in [6, 6.07) is 5.50. The highest BCUT2D eigenvalue weighted by Gasteiger charge is 2.30. The van der Waals surface area contributed by atoms with Gasteiger partial charge < -0.3 is 10.2 Å². The van der Waals surface area contributed by atoms with Crippen LogP contribution in [0.3, 0.4) is 0 Å². The molecule has 1 aromatic rings.